The smallest absolute Gasteiger partial charge is 0.251 e. The zero-order valence-electron chi connectivity index (χ0n) is 16.8. The van der Waals surface area contributed by atoms with Crippen LogP contribution in [0.3, 0.4) is 0 Å². The number of nitrogens with one attached hydrogen (secondary N) is 2. The van der Waals surface area contributed by atoms with Crippen LogP contribution in [0.15, 0.2) is 71.9 Å². The lowest BCUT2D eigenvalue weighted by molar-refractivity contribution is 0.440. The fraction of sp³-hybridized carbons (Fsp3) is 0.130. The van der Waals surface area contributed by atoms with E-state index in [1.165, 1.54) is 18.3 Å². The normalized spacial score (nSPS) is 10.6. The van der Waals surface area contributed by atoms with Gasteiger partial charge < -0.3 is 15.0 Å². The molecule has 0 bridgehead atoms. The number of benzene rings is 1. The quantitative estimate of drug-likeness (QED) is 0.465. The van der Waals surface area contributed by atoms with E-state index in [-0.39, 0.29) is 11.3 Å². The summed E-state index contributed by atoms with van der Waals surface area (Å²) in [6, 6.07) is 13.3. The molecule has 7 nitrogen and oxygen atoms in total. The molecule has 0 atom stereocenters. The van der Waals surface area contributed by atoms with Crippen molar-refractivity contribution in [3.8, 4) is 22.9 Å². The predicted molar refractivity (Wildman–Crippen MR) is 116 cm³/mol. The Morgan fingerprint density at radius 3 is 2.74 bits per heavy atom. The van der Waals surface area contributed by atoms with Gasteiger partial charge in [-0.25, -0.2) is 14.4 Å². The van der Waals surface area contributed by atoms with E-state index >= 15 is 0 Å². The molecular formula is C23H20FN5O2. The first-order chi connectivity index (χ1) is 15.1. The number of pyridine rings is 2. The van der Waals surface area contributed by atoms with Gasteiger partial charge in [0.1, 0.15) is 17.4 Å². The van der Waals surface area contributed by atoms with Crippen molar-refractivity contribution in [3.63, 3.8) is 0 Å². The topological polar surface area (TPSA) is 92.8 Å². The van der Waals surface area contributed by atoms with Crippen LogP contribution in [0.2, 0.25) is 0 Å². The molecule has 0 spiro atoms. The summed E-state index contributed by atoms with van der Waals surface area (Å²) < 4.78 is 19.9. The minimum absolute atomic E-state index is 0.134. The van der Waals surface area contributed by atoms with Gasteiger partial charge in [0, 0.05) is 36.3 Å². The van der Waals surface area contributed by atoms with Gasteiger partial charge in [-0.15, -0.1) is 0 Å². The Labute approximate surface area is 178 Å². The maximum atomic E-state index is 14.4. The number of nitrogens with zero attached hydrogens (tertiary/aromatic N) is 3. The van der Waals surface area contributed by atoms with E-state index in [0.717, 1.165) is 11.3 Å². The fourth-order valence-corrected chi connectivity index (χ4v) is 2.93. The molecule has 2 N–H and O–H groups in total. The van der Waals surface area contributed by atoms with Crippen molar-refractivity contribution in [3.05, 3.63) is 94.5 Å². The summed E-state index contributed by atoms with van der Waals surface area (Å²) >= 11 is 0. The molecule has 0 fully saturated rings. The van der Waals surface area contributed by atoms with Crippen LogP contribution in [0.25, 0.3) is 11.4 Å². The average Bonchev–Trinajstić information content (AvgIpc) is 2.80. The molecule has 0 saturated carbocycles. The molecule has 31 heavy (non-hydrogen) atoms. The van der Waals surface area contributed by atoms with Gasteiger partial charge in [-0.1, -0.05) is 13.0 Å². The average molecular weight is 417 g/mol. The molecule has 4 rings (SSSR count). The van der Waals surface area contributed by atoms with Crippen LogP contribution in [0.4, 0.5) is 10.2 Å². The number of aromatic amines is 1. The molecule has 0 radical (unpaired) electrons. The highest BCUT2D eigenvalue weighted by molar-refractivity contribution is 5.56. The molecule has 0 amide bonds. The molecule has 0 aliphatic rings. The van der Waals surface area contributed by atoms with Crippen molar-refractivity contribution >= 4 is 5.82 Å². The summed E-state index contributed by atoms with van der Waals surface area (Å²) in [6.07, 6.45) is 5.45. The van der Waals surface area contributed by atoms with Gasteiger partial charge in [0.05, 0.1) is 6.20 Å². The van der Waals surface area contributed by atoms with Crippen LogP contribution in [0.1, 0.15) is 18.2 Å². The number of anilines is 1. The third-order valence-corrected chi connectivity index (χ3v) is 4.53. The number of hydrogen-bond donors (Lipinski definition) is 2. The molecule has 0 saturated heterocycles. The van der Waals surface area contributed by atoms with Crippen molar-refractivity contribution < 1.29 is 9.13 Å². The van der Waals surface area contributed by atoms with Crippen molar-refractivity contribution in [1.29, 1.82) is 0 Å². The Morgan fingerprint density at radius 2 is 2.03 bits per heavy atom. The molecule has 0 aliphatic carbocycles. The fourth-order valence-electron chi connectivity index (χ4n) is 2.93. The number of hydrogen-bond acceptors (Lipinski definition) is 6. The maximum absolute atomic E-state index is 14.4. The summed E-state index contributed by atoms with van der Waals surface area (Å²) in [4.78, 5) is 27.2. The molecule has 0 unspecified atom stereocenters. The first-order valence-corrected chi connectivity index (χ1v) is 9.77. The van der Waals surface area contributed by atoms with E-state index in [9.17, 15) is 9.18 Å². The summed E-state index contributed by atoms with van der Waals surface area (Å²) in [5.41, 5.74) is 1.98. The zero-order valence-corrected chi connectivity index (χ0v) is 16.8. The summed E-state index contributed by atoms with van der Waals surface area (Å²) in [5, 5.41) is 3.15. The minimum Gasteiger partial charge on any atom is -0.453 e. The number of aryl methyl sites for hydroxylation is 1. The third kappa shape index (κ3) is 5.11. The molecular weight excluding hydrogens is 397 g/mol. The SMILES string of the molecule is CCc1cc(=O)[nH]c(-c2ccc(NCc3ccc(Oc4cccnc4)c(F)c3)nc2)n1. The van der Waals surface area contributed by atoms with E-state index in [4.69, 9.17) is 4.74 Å². The van der Waals surface area contributed by atoms with Crippen molar-refractivity contribution in [2.75, 3.05) is 5.32 Å². The second kappa shape index (κ2) is 9.17. The minimum atomic E-state index is -0.461. The standard InChI is InChI=1S/C23H20FN5O2/c1-2-17-11-22(30)29-23(28-17)16-6-8-21(27-13-16)26-12-15-5-7-20(19(24)10-15)31-18-4-3-9-25-14-18/h3-11,13-14H,2,12H2,1H3,(H,26,27)(H,28,29,30). The molecule has 4 aromatic rings. The third-order valence-electron chi connectivity index (χ3n) is 4.53. The van der Waals surface area contributed by atoms with Gasteiger partial charge in [0.2, 0.25) is 0 Å². The number of aromatic nitrogens is 4. The molecule has 3 heterocycles. The molecule has 156 valence electrons. The lowest BCUT2D eigenvalue weighted by Crippen LogP contribution is -2.10. The monoisotopic (exact) mass is 417 g/mol. The molecule has 3 aromatic heterocycles. The summed E-state index contributed by atoms with van der Waals surface area (Å²) in [7, 11) is 0. The van der Waals surface area contributed by atoms with Crippen LogP contribution in [0.5, 0.6) is 11.5 Å². The maximum Gasteiger partial charge on any atom is 0.251 e. The lowest BCUT2D eigenvalue weighted by Gasteiger charge is -2.10. The van der Waals surface area contributed by atoms with Crippen molar-refractivity contribution in [1.82, 2.24) is 19.9 Å². The van der Waals surface area contributed by atoms with Gasteiger partial charge in [-0.2, -0.15) is 0 Å². The largest absolute Gasteiger partial charge is 0.453 e. The van der Waals surface area contributed by atoms with E-state index in [0.29, 0.717) is 35.9 Å². The zero-order chi connectivity index (χ0) is 21.6. The van der Waals surface area contributed by atoms with Gasteiger partial charge in [0.15, 0.2) is 11.6 Å². The van der Waals surface area contributed by atoms with E-state index in [1.807, 2.05) is 13.0 Å². The summed E-state index contributed by atoms with van der Waals surface area (Å²) in [6.45, 7) is 2.33. The number of rotatable bonds is 7. The Balaban J connectivity index is 1.41. The highest BCUT2D eigenvalue weighted by Crippen LogP contribution is 2.25. The van der Waals surface area contributed by atoms with Crippen LogP contribution in [0, 0.1) is 5.82 Å². The van der Waals surface area contributed by atoms with Gasteiger partial charge >= 0.3 is 0 Å². The number of ether oxygens (including phenoxy) is 1. The second-order valence-electron chi connectivity index (χ2n) is 6.78. The predicted octanol–water partition coefficient (Wildman–Crippen LogP) is 4.33. The van der Waals surface area contributed by atoms with Gasteiger partial charge in [0.25, 0.3) is 5.56 Å². The van der Waals surface area contributed by atoms with E-state index in [1.54, 1.807) is 42.7 Å². The van der Waals surface area contributed by atoms with E-state index < -0.39 is 5.82 Å². The second-order valence-corrected chi connectivity index (χ2v) is 6.78. The van der Waals surface area contributed by atoms with Gasteiger partial charge in [-0.3, -0.25) is 9.78 Å². The Hall–Kier alpha value is -4.07. The summed E-state index contributed by atoms with van der Waals surface area (Å²) in [5.74, 6) is 1.24. The Bertz CT molecular complexity index is 1230. The van der Waals surface area contributed by atoms with Crippen molar-refractivity contribution in [2.45, 2.75) is 19.9 Å². The molecule has 8 heteroatoms. The highest BCUT2D eigenvalue weighted by Gasteiger charge is 2.08. The van der Waals surface area contributed by atoms with E-state index in [2.05, 4.69) is 25.3 Å². The van der Waals surface area contributed by atoms with Crippen LogP contribution >= 0.6 is 0 Å². The molecule has 1 aromatic carbocycles. The highest BCUT2D eigenvalue weighted by atomic mass is 19.1. The van der Waals surface area contributed by atoms with Crippen LogP contribution < -0.4 is 15.6 Å². The number of H-pyrrole nitrogens is 1. The molecule has 0 aliphatic heterocycles. The Morgan fingerprint density at radius 1 is 1.13 bits per heavy atom. The van der Waals surface area contributed by atoms with Crippen molar-refractivity contribution in [2.24, 2.45) is 0 Å². The lowest BCUT2D eigenvalue weighted by atomic mass is 10.2. The first kappa shape index (κ1) is 20.2. The first-order valence-electron chi connectivity index (χ1n) is 9.77. The van der Waals surface area contributed by atoms with Crippen LogP contribution in [-0.2, 0) is 13.0 Å². The van der Waals surface area contributed by atoms with Crippen LogP contribution in [-0.4, -0.2) is 19.9 Å². The Kier molecular flexibility index (Phi) is 5.98. The number of halogens is 1. The van der Waals surface area contributed by atoms with Gasteiger partial charge in [-0.05, 0) is 48.4 Å².